The first-order valence-corrected chi connectivity index (χ1v) is 7.79. The van der Waals surface area contributed by atoms with Crippen LogP contribution >= 0.6 is 0 Å². The average Bonchev–Trinajstić information content (AvgIpc) is 2.50. The molecule has 2 nitrogen and oxygen atoms in total. The first-order chi connectivity index (χ1) is 9.79. The maximum atomic E-state index is 6.05. The summed E-state index contributed by atoms with van der Waals surface area (Å²) in [6.45, 7) is 3.32. The zero-order valence-corrected chi connectivity index (χ0v) is 12.3. The largest absolute Gasteiger partial charge is 0.368 e. The van der Waals surface area contributed by atoms with Crippen LogP contribution in [0.1, 0.15) is 32.6 Å². The Morgan fingerprint density at radius 3 is 2.45 bits per heavy atom. The molecule has 3 rings (SSSR count). The fraction of sp³-hybridized carbons (Fsp3) is 0.444. The van der Waals surface area contributed by atoms with E-state index >= 15 is 0 Å². The predicted molar refractivity (Wildman–Crippen MR) is 87.2 cm³/mol. The lowest BCUT2D eigenvalue weighted by molar-refractivity contribution is 0.378. The molecule has 1 saturated carbocycles. The molecule has 20 heavy (non-hydrogen) atoms. The Labute approximate surface area is 121 Å². The van der Waals surface area contributed by atoms with Gasteiger partial charge in [-0.3, -0.25) is 0 Å². The van der Waals surface area contributed by atoms with E-state index in [0.717, 1.165) is 19.4 Å². The Bertz CT molecular complexity index is 565. The Morgan fingerprint density at radius 1 is 1.00 bits per heavy atom. The number of nitrogens with zero attached hydrogens (tertiary/aromatic N) is 1. The minimum absolute atomic E-state index is 0.414. The van der Waals surface area contributed by atoms with E-state index in [1.165, 1.54) is 29.3 Å². The van der Waals surface area contributed by atoms with Crippen molar-refractivity contribution in [3.63, 3.8) is 0 Å². The van der Waals surface area contributed by atoms with Gasteiger partial charge in [-0.25, -0.2) is 0 Å². The number of nitrogens with two attached hydrogens (primary N) is 1. The molecule has 0 unspecified atom stereocenters. The van der Waals surface area contributed by atoms with Crippen molar-refractivity contribution in [2.75, 3.05) is 11.4 Å². The van der Waals surface area contributed by atoms with Gasteiger partial charge in [0.15, 0.2) is 0 Å². The molecule has 0 bridgehead atoms. The molecule has 0 atom stereocenters. The Morgan fingerprint density at radius 2 is 1.70 bits per heavy atom. The van der Waals surface area contributed by atoms with E-state index < -0.39 is 0 Å². The molecule has 0 spiro atoms. The highest BCUT2D eigenvalue weighted by Crippen LogP contribution is 2.32. The fourth-order valence-corrected chi connectivity index (χ4v) is 3.50. The first kappa shape index (κ1) is 13.4. The molecule has 0 aliphatic heterocycles. The summed E-state index contributed by atoms with van der Waals surface area (Å²) in [4.78, 5) is 2.58. The van der Waals surface area contributed by atoms with Gasteiger partial charge in [-0.2, -0.15) is 0 Å². The van der Waals surface area contributed by atoms with Crippen molar-refractivity contribution < 1.29 is 0 Å². The van der Waals surface area contributed by atoms with E-state index in [2.05, 4.69) is 54.3 Å². The van der Waals surface area contributed by atoms with Gasteiger partial charge in [-0.05, 0) is 44.1 Å². The molecule has 1 fully saturated rings. The van der Waals surface area contributed by atoms with Crippen molar-refractivity contribution >= 4 is 16.5 Å². The maximum absolute atomic E-state index is 6.05. The minimum Gasteiger partial charge on any atom is -0.368 e. The van der Waals surface area contributed by atoms with Gasteiger partial charge in [0.1, 0.15) is 0 Å². The van der Waals surface area contributed by atoms with Crippen LogP contribution in [0.25, 0.3) is 10.8 Å². The number of hydrogen-bond donors (Lipinski definition) is 1. The van der Waals surface area contributed by atoms with Crippen LogP contribution in [0.2, 0.25) is 0 Å². The number of anilines is 1. The van der Waals surface area contributed by atoms with Gasteiger partial charge >= 0.3 is 0 Å². The Balaban J connectivity index is 1.95. The normalized spacial score (nSPS) is 22.9. The summed E-state index contributed by atoms with van der Waals surface area (Å²) in [5.41, 5.74) is 7.43. The quantitative estimate of drug-likeness (QED) is 0.913. The molecule has 2 heteroatoms. The van der Waals surface area contributed by atoms with E-state index in [9.17, 15) is 0 Å². The monoisotopic (exact) mass is 268 g/mol. The molecule has 0 amide bonds. The molecular formula is C18H24N2. The molecule has 1 aliphatic rings. The van der Waals surface area contributed by atoms with Crippen molar-refractivity contribution in [3.05, 3.63) is 42.5 Å². The SMILES string of the molecule is CCN(c1cccc2ccccc12)C1CCC(N)CC1. The van der Waals surface area contributed by atoms with Gasteiger partial charge in [0.05, 0.1) is 0 Å². The maximum Gasteiger partial charge on any atom is 0.0448 e. The topological polar surface area (TPSA) is 29.3 Å². The third-order valence-corrected chi connectivity index (χ3v) is 4.60. The zero-order valence-electron chi connectivity index (χ0n) is 12.3. The molecule has 1 aliphatic carbocycles. The van der Waals surface area contributed by atoms with E-state index in [1.807, 2.05) is 0 Å². The van der Waals surface area contributed by atoms with Crippen LogP contribution in [-0.2, 0) is 0 Å². The van der Waals surface area contributed by atoms with Gasteiger partial charge in [0.2, 0.25) is 0 Å². The summed E-state index contributed by atoms with van der Waals surface area (Å²) >= 11 is 0. The Hall–Kier alpha value is -1.54. The van der Waals surface area contributed by atoms with Gasteiger partial charge in [0.25, 0.3) is 0 Å². The molecule has 0 aromatic heterocycles. The van der Waals surface area contributed by atoms with E-state index in [0.29, 0.717) is 12.1 Å². The van der Waals surface area contributed by atoms with Crippen LogP contribution < -0.4 is 10.6 Å². The average molecular weight is 268 g/mol. The van der Waals surface area contributed by atoms with Crippen LogP contribution in [0.4, 0.5) is 5.69 Å². The van der Waals surface area contributed by atoms with Crippen molar-refractivity contribution in [2.24, 2.45) is 5.73 Å². The third kappa shape index (κ3) is 2.53. The summed E-state index contributed by atoms with van der Waals surface area (Å²) in [6, 6.07) is 16.4. The summed E-state index contributed by atoms with van der Waals surface area (Å²) < 4.78 is 0. The van der Waals surface area contributed by atoms with Gasteiger partial charge < -0.3 is 10.6 Å². The lowest BCUT2D eigenvalue weighted by Crippen LogP contribution is -2.41. The number of rotatable bonds is 3. The van der Waals surface area contributed by atoms with Crippen LogP contribution in [0.15, 0.2) is 42.5 Å². The number of benzene rings is 2. The fourth-order valence-electron chi connectivity index (χ4n) is 3.50. The highest BCUT2D eigenvalue weighted by atomic mass is 15.2. The second-order valence-electron chi connectivity index (χ2n) is 5.85. The van der Waals surface area contributed by atoms with Crippen molar-refractivity contribution in [3.8, 4) is 0 Å². The third-order valence-electron chi connectivity index (χ3n) is 4.60. The second kappa shape index (κ2) is 5.84. The van der Waals surface area contributed by atoms with Gasteiger partial charge in [-0.15, -0.1) is 0 Å². The summed E-state index contributed by atoms with van der Waals surface area (Å²) in [6.07, 6.45) is 4.76. The van der Waals surface area contributed by atoms with Crippen LogP contribution in [-0.4, -0.2) is 18.6 Å². The van der Waals surface area contributed by atoms with Crippen LogP contribution in [0.5, 0.6) is 0 Å². The van der Waals surface area contributed by atoms with Crippen molar-refractivity contribution in [1.29, 1.82) is 0 Å². The highest BCUT2D eigenvalue weighted by Gasteiger charge is 2.24. The molecule has 2 aromatic carbocycles. The molecule has 0 radical (unpaired) electrons. The molecular weight excluding hydrogens is 244 g/mol. The van der Waals surface area contributed by atoms with E-state index in [4.69, 9.17) is 5.73 Å². The standard InChI is InChI=1S/C18H24N2/c1-2-20(16-12-10-15(19)11-13-16)18-9-5-7-14-6-3-4-8-17(14)18/h3-9,15-16H,2,10-13,19H2,1H3. The number of fused-ring (bicyclic) bond motifs is 1. The molecule has 106 valence electrons. The van der Waals surface area contributed by atoms with Gasteiger partial charge in [0, 0.05) is 29.7 Å². The smallest absolute Gasteiger partial charge is 0.0448 e. The summed E-state index contributed by atoms with van der Waals surface area (Å²) in [5, 5.41) is 2.70. The van der Waals surface area contributed by atoms with Crippen LogP contribution in [0.3, 0.4) is 0 Å². The first-order valence-electron chi connectivity index (χ1n) is 7.79. The van der Waals surface area contributed by atoms with Crippen LogP contribution in [0, 0.1) is 0 Å². The van der Waals surface area contributed by atoms with E-state index in [1.54, 1.807) is 0 Å². The number of hydrogen-bond acceptors (Lipinski definition) is 2. The Kier molecular flexibility index (Phi) is 3.93. The molecule has 0 saturated heterocycles. The molecule has 2 N–H and O–H groups in total. The van der Waals surface area contributed by atoms with Gasteiger partial charge in [-0.1, -0.05) is 36.4 Å². The lowest BCUT2D eigenvalue weighted by Gasteiger charge is -2.37. The lowest BCUT2D eigenvalue weighted by atomic mass is 9.90. The van der Waals surface area contributed by atoms with Crippen molar-refractivity contribution in [2.45, 2.75) is 44.7 Å². The predicted octanol–water partition coefficient (Wildman–Crippen LogP) is 3.94. The molecule has 2 aromatic rings. The highest BCUT2D eigenvalue weighted by molar-refractivity contribution is 5.94. The van der Waals surface area contributed by atoms with E-state index in [-0.39, 0.29) is 0 Å². The minimum atomic E-state index is 0.414. The summed E-state index contributed by atoms with van der Waals surface area (Å²) in [5.74, 6) is 0. The molecule has 0 heterocycles. The second-order valence-corrected chi connectivity index (χ2v) is 5.85. The zero-order chi connectivity index (χ0) is 13.9. The summed E-state index contributed by atoms with van der Waals surface area (Å²) in [7, 11) is 0. The van der Waals surface area contributed by atoms with Crippen molar-refractivity contribution in [1.82, 2.24) is 0 Å².